The molecule has 138 valence electrons. The van der Waals surface area contributed by atoms with Crippen LogP contribution < -0.4 is 11.1 Å². The quantitative estimate of drug-likeness (QED) is 0.641. The van der Waals surface area contributed by atoms with Gasteiger partial charge in [0.2, 0.25) is 5.91 Å². The summed E-state index contributed by atoms with van der Waals surface area (Å²) in [5.74, 6) is -1.88. The molecule has 4 N–H and O–H groups in total. The van der Waals surface area contributed by atoms with Crippen LogP contribution >= 0.6 is 0 Å². The van der Waals surface area contributed by atoms with Gasteiger partial charge >= 0.3 is 5.97 Å². The highest BCUT2D eigenvalue weighted by Gasteiger charge is 2.23. The number of carbonyl (C=O) groups excluding carboxylic acids is 1. The molecule has 2 rings (SSSR count). The molecule has 6 heteroatoms. The van der Waals surface area contributed by atoms with Crippen molar-refractivity contribution < 1.29 is 19.1 Å². The maximum Gasteiger partial charge on any atom is 0.326 e. The zero-order valence-corrected chi connectivity index (χ0v) is 14.4. The second-order valence-corrected chi connectivity index (χ2v) is 6.21. The van der Waals surface area contributed by atoms with Gasteiger partial charge in [0.1, 0.15) is 11.9 Å². The summed E-state index contributed by atoms with van der Waals surface area (Å²) in [5.41, 5.74) is 7.73. The highest BCUT2D eigenvalue weighted by molar-refractivity contribution is 5.86. The number of rotatable bonds is 9. The molecule has 0 saturated carbocycles. The van der Waals surface area contributed by atoms with Gasteiger partial charge in [0.15, 0.2) is 0 Å². The third-order valence-corrected chi connectivity index (χ3v) is 4.12. The minimum atomic E-state index is -1.09. The van der Waals surface area contributed by atoms with Crippen LogP contribution in [-0.4, -0.2) is 29.1 Å². The molecule has 0 spiro atoms. The second kappa shape index (κ2) is 9.68. The van der Waals surface area contributed by atoms with Gasteiger partial charge in [-0.1, -0.05) is 42.5 Å². The van der Waals surface area contributed by atoms with Crippen molar-refractivity contribution in [3.63, 3.8) is 0 Å². The number of nitrogens with one attached hydrogen (secondary N) is 1. The molecule has 0 bridgehead atoms. The maximum atomic E-state index is 12.9. The lowest BCUT2D eigenvalue weighted by Crippen LogP contribution is -2.49. The topological polar surface area (TPSA) is 92.4 Å². The number of carbonyl (C=O) groups is 2. The van der Waals surface area contributed by atoms with Gasteiger partial charge < -0.3 is 16.2 Å². The number of carboxylic acids is 1. The van der Waals surface area contributed by atoms with Crippen LogP contribution in [0.2, 0.25) is 0 Å². The zero-order valence-electron chi connectivity index (χ0n) is 14.4. The number of aryl methyl sites for hydroxylation is 1. The maximum absolute atomic E-state index is 12.9. The monoisotopic (exact) mass is 358 g/mol. The van der Waals surface area contributed by atoms with E-state index >= 15 is 0 Å². The molecule has 0 aliphatic heterocycles. The number of benzene rings is 2. The Bertz CT molecular complexity index is 720. The van der Waals surface area contributed by atoms with Crippen LogP contribution in [-0.2, 0) is 22.4 Å². The normalized spacial score (nSPS) is 13.0. The smallest absolute Gasteiger partial charge is 0.326 e. The van der Waals surface area contributed by atoms with E-state index in [2.05, 4.69) is 5.32 Å². The lowest BCUT2D eigenvalue weighted by atomic mass is 10.0. The summed E-state index contributed by atoms with van der Waals surface area (Å²) < 4.78 is 12.9. The van der Waals surface area contributed by atoms with E-state index in [4.69, 9.17) is 5.73 Å². The molecule has 1 amide bonds. The van der Waals surface area contributed by atoms with Gasteiger partial charge in [-0.15, -0.1) is 0 Å². The Hall–Kier alpha value is -2.73. The number of nitrogens with two attached hydrogens (primary N) is 1. The molecule has 0 radical (unpaired) electrons. The average Bonchev–Trinajstić information content (AvgIpc) is 2.63. The van der Waals surface area contributed by atoms with E-state index in [1.54, 1.807) is 12.1 Å². The summed E-state index contributed by atoms with van der Waals surface area (Å²) >= 11 is 0. The van der Waals surface area contributed by atoms with Crippen molar-refractivity contribution in [3.8, 4) is 0 Å². The van der Waals surface area contributed by atoms with Crippen molar-refractivity contribution >= 4 is 11.9 Å². The fraction of sp³-hybridized carbons (Fsp3) is 0.300. The number of hydrogen-bond acceptors (Lipinski definition) is 3. The van der Waals surface area contributed by atoms with Gasteiger partial charge in [-0.05, 0) is 48.9 Å². The lowest BCUT2D eigenvalue weighted by molar-refractivity contribution is -0.142. The first kappa shape index (κ1) is 19.6. The fourth-order valence-corrected chi connectivity index (χ4v) is 2.66. The molecule has 0 fully saturated rings. The Labute approximate surface area is 152 Å². The number of hydrogen-bond donors (Lipinski definition) is 3. The highest BCUT2D eigenvalue weighted by atomic mass is 19.1. The zero-order chi connectivity index (χ0) is 18.9. The summed E-state index contributed by atoms with van der Waals surface area (Å²) in [6, 6.07) is 13.6. The third-order valence-electron chi connectivity index (χ3n) is 4.12. The van der Waals surface area contributed by atoms with Crippen LogP contribution in [0.15, 0.2) is 54.6 Å². The first-order valence-electron chi connectivity index (χ1n) is 8.53. The molecule has 0 aliphatic rings. The van der Waals surface area contributed by atoms with Gasteiger partial charge in [0.25, 0.3) is 0 Å². The van der Waals surface area contributed by atoms with Gasteiger partial charge in [0, 0.05) is 0 Å². The van der Waals surface area contributed by atoms with Crippen molar-refractivity contribution in [1.82, 2.24) is 5.32 Å². The van der Waals surface area contributed by atoms with Crippen LogP contribution in [0.4, 0.5) is 4.39 Å². The minimum Gasteiger partial charge on any atom is -0.480 e. The largest absolute Gasteiger partial charge is 0.480 e. The SMILES string of the molecule is N[C@@H](Cc1ccccc1)C(=O)NC(CCCc1ccc(F)cc1)C(=O)O. The number of amides is 1. The lowest BCUT2D eigenvalue weighted by Gasteiger charge is -2.18. The van der Waals surface area contributed by atoms with Crippen LogP contribution in [0.1, 0.15) is 24.0 Å². The molecular weight excluding hydrogens is 335 g/mol. The number of halogens is 1. The van der Waals surface area contributed by atoms with Gasteiger partial charge in [-0.25, -0.2) is 9.18 Å². The molecule has 2 aromatic carbocycles. The van der Waals surface area contributed by atoms with E-state index in [0.29, 0.717) is 19.3 Å². The molecule has 1 unspecified atom stereocenters. The molecule has 26 heavy (non-hydrogen) atoms. The van der Waals surface area contributed by atoms with E-state index in [1.807, 2.05) is 30.3 Å². The van der Waals surface area contributed by atoms with Crippen LogP contribution in [0.3, 0.4) is 0 Å². The summed E-state index contributed by atoms with van der Waals surface area (Å²) in [6.07, 6.45) is 1.78. The average molecular weight is 358 g/mol. The molecule has 0 heterocycles. The van der Waals surface area contributed by atoms with E-state index < -0.39 is 24.0 Å². The van der Waals surface area contributed by atoms with E-state index in [0.717, 1.165) is 11.1 Å². The van der Waals surface area contributed by atoms with E-state index in [-0.39, 0.29) is 12.2 Å². The summed E-state index contributed by atoms with van der Waals surface area (Å²) in [7, 11) is 0. The van der Waals surface area contributed by atoms with Crippen molar-refractivity contribution in [3.05, 3.63) is 71.5 Å². The minimum absolute atomic E-state index is 0.274. The first-order chi connectivity index (χ1) is 12.5. The Morgan fingerprint density at radius 3 is 2.31 bits per heavy atom. The van der Waals surface area contributed by atoms with Crippen molar-refractivity contribution in [1.29, 1.82) is 0 Å². The van der Waals surface area contributed by atoms with Crippen LogP contribution in [0, 0.1) is 5.82 Å². The molecular formula is C20H23FN2O3. The third kappa shape index (κ3) is 6.29. The van der Waals surface area contributed by atoms with Gasteiger partial charge in [-0.3, -0.25) is 4.79 Å². The first-order valence-corrected chi connectivity index (χ1v) is 8.53. The Kier molecular flexibility index (Phi) is 7.29. The molecule has 2 aromatic rings. The van der Waals surface area contributed by atoms with Gasteiger partial charge in [0.05, 0.1) is 6.04 Å². The Morgan fingerprint density at radius 1 is 1.04 bits per heavy atom. The Morgan fingerprint density at radius 2 is 1.69 bits per heavy atom. The predicted octanol–water partition coefficient (Wildman–Crippen LogP) is 2.29. The van der Waals surface area contributed by atoms with Crippen LogP contribution in [0.5, 0.6) is 0 Å². The highest BCUT2D eigenvalue weighted by Crippen LogP contribution is 2.09. The second-order valence-electron chi connectivity index (χ2n) is 6.21. The van der Waals surface area contributed by atoms with Crippen molar-refractivity contribution in [2.45, 2.75) is 37.8 Å². The molecule has 0 aromatic heterocycles. The summed E-state index contributed by atoms with van der Waals surface area (Å²) in [5, 5.41) is 11.8. The standard InChI is InChI=1S/C20H23FN2O3/c21-16-11-9-14(10-12-16)7-4-8-18(20(25)26)23-19(24)17(22)13-15-5-2-1-3-6-15/h1-3,5-6,9-12,17-18H,4,7-8,13,22H2,(H,23,24)(H,25,26)/t17-,18?/m0/s1. The predicted molar refractivity (Wildman–Crippen MR) is 97.0 cm³/mol. The van der Waals surface area contributed by atoms with Crippen molar-refractivity contribution in [2.75, 3.05) is 0 Å². The fourth-order valence-electron chi connectivity index (χ4n) is 2.66. The molecule has 0 saturated heterocycles. The van der Waals surface area contributed by atoms with Gasteiger partial charge in [-0.2, -0.15) is 0 Å². The molecule has 2 atom stereocenters. The van der Waals surface area contributed by atoms with E-state index in [1.165, 1.54) is 12.1 Å². The van der Waals surface area contributed by atoms with Crippen LogP contribution in [0.25, 0.3) is 0 Å². The number of carboxylic acid groups (broad SMARTS) is 1. The Balaban J connectivity index is 1.83. The summed E-state index contributed by atoms with van der Waals surface area (Å²) in [4.78, 5) is 23.6. The molecule has 5 nitrogen and oxygen atoms in total. The summed E-state index contributed by atoms with van der Waals surface area (Å²) in [6.45, 7) is 0. The molecule has 0 aliphatic carbocycles. The van der Waals surface area contributed by atoms with Crippen molar-refractivity contribution in [2.24, 2.45) is 5.73 Å². The number of aliphatic carboxylic acids is 1. The van der Waals surface area contributed by atoms with E-state index in [9.17, 15) is 19.1 Å².